The molecule has 9 heteroatoms. The summed E-state index contributed by atoms with van der Waals surface area (Å²) in [5, 5.41) is 0.520. The molecule has 0 saturated heterocycles. The number of nitrogens with zero attached hydrogens (tertiary/aromatic N) is 2. The molecule has 0 unspecified atom stereocenters. The highest BCUT2D eigenvalue weighted by molar-refractivity contribution is 7.90. The minimum Gasteiger partial charge on any atom is -0.370 e. The number of guanidine groups is 1. The number of amides is 1. The molecule has 4 N–H and O–H groups in total. The van der Waals surface area contributed by atoms with Gasteiger partial charge in [-0.15, -0.1) is 0 Å². The van der Waals surface area contributed by atoms with Gasteiger partial charge in [-0.05, 0) is 42.8 Å². The Kier molecular flexibility index (Phi) is 5.58. The van der Waals surface area contributed by atoms with Gasteiger partial charge in [-0.25, -0.2) is 8.42 Å². The van der Waals surface area contributed by atoms with E-state index in [4.69, 9.17) is 23.1 Å². The predicted molar refractivity (Wildman–Crippen MR) is 104 cm³/mol. The molecular weight excluding hydrogens is 376 g/mol. The average Bonchev–Trinajstić information content (AvgIpc) is 2.51. The van der Waals surface area contributed by atoms with Gasteiger partial charge in [-0.3, -0.25) is 4.79 Å². The van der Waals surface area contributed by atoms with E-state index in [0.717, 1.165) is 6.26 Å². The molecule has 0 saturated carbocycles. The SMILES string of the molecule is Cc1cc(N(C)c2cccc(Cl)c2)c(S(C)(=O)=O)cc1C(=O)N=C(N)N. The van der Waals surface area contributed by atoms with Crippen molar-refractivity contribution >= 4 is 44.7 Å². The van der Waals surface area contributed by atoms with Crippen LogP contribution in [-0.4, -0.2) is 33.6 Å². The largest absolute Gasteiger partial charge is 0.370 e. The average molecular weight is 395 g/mol. The van der Waals surface area contributed by atoms with Crippen LogP contribution in [0, 0.1) is 6.92 Å². The molecule has 0 atom stereocenters. The maximum Gasteiger partial charge on any atom is 0.280 e. The lowest BCUT2D eigenvalue weighted by Gasteiger charge is -2.23. The summed E-state index contributed by atoms with van der Waals surface area (Å²) in [5.41, 5.74) is 12.2. The van der Waals surface area contributed by atoms with Crippen LogP contribution in [0.1, 0.15) is 15.9 Å². The Morgan fingerprint density at radius 2 is 1.85 bits per heavy atom. The van der Waals surface area contributed by atoms with Crippen molar-refractivity contribution in [2.24, 2.45) is 16.5 Å². The molecule has 7 nitrogen and oxygen atoms in total. The molecular formula is C17H19ClN4O3S. The van der Waals surface area contributed by atoms with Crippen molar-refractivity contribution in [3.8, 4) is 0 Å². The number of hydrogen-bond donors (Lipinski definition) is 2. The summed E-state index contributed by atoms with van der Waals surface area (Å²) in [6.07, 6.45) is 1.07. The summed E-state index contributed by atoms with van der Waals surface area (Å²) in [5.74, 6) is -1.10. The Morgan fingerprint density at radius 3 is 2.38 bits per heavy atom. The summed E-state index contributed by atoms with van der Waals surface area (Å²) in [6, 6.07) is 9.88. The lowest BCUT2D eigenvalue weighted by Crippen LogP contribution is -2.24. The summed E-state index contributed by atoms with van der Waals surface area (Å²) < 4.78 is 24.6. The number of nitrogens with two attached hydrogens (primary N) is 2. The van der Waals surface area contributed by atoms with Gasteiger partial charge in [0, 0.05) is 29.6 Å². The van der Waals surface area contributed by atoms with Gasteiger partial charge >= 0.3 is 0 Å². The zero-order valence-electron chi connectivity index (χ0n) is 14.5. The third-order valence-electron chi connectivity index (χ3n) is 3.72. The van der Waals surface area contributed by atoms with Gasteiger partial charge in [-0.1, -0.05) is 17.7 Å². The second-order valence-electron chi connectivity index (χ2n) is 5.79. The maximum absolute atomic E-state index is 12.3. The molecule has 2 rings (SSSR count). The fourth-order valence-electron chi connectivity index (χ4n) is 2.46. The Morgan fingerprint density at radius 1 is 1.19 bits per heavy atom. The van der Waals surface area contributed by atoms with Crippen LogP contribution in [0.4, 0.5) is 11.4 Å². The lowest BCUT2D eigenvalue weighted by atomic mass is 10.1. The van der Waals surface area contributed by atoms with E-state index in [1.54, 1.807) is 49.2 Å². The molecule has 0 aliphatic heterocycles. The van der Waals surface area contributed by atoms with Crippen molar-refractivity contribution in [1.82, 2.24) is 0 Å². The highest BCUT2D eigenvalue weighted by Gasteiger charge is 2.22. The van der Waals surface area contributed by atoms with Crippen LogP contribution in [0.25, 0.3) is 0 Å². The lowest BCUT2D eigenvalue weighted by molar-refractivity contribution is 0.100. The molecule has 0 heterocycles. The van der Waals surface area contributed by atoms with Crippen LogP contribution in [0.3, 0.4) is 0 Å². The maximum atomic E-state index is 12.3. The first-order valence-corrected chi connectivity index (χ1v) is 9.75. The molecule has 0 radical (unpaired) electrons. The molecule has 138 valence electrons. The van der Waals surface area contributed by atoms with Crippen LogP contribution in [-0.2, 0) is 9.84 Å². The van der Waals surface area contributed by atoms with E-state index >= 15 is 0 Å². The first-order chi connectivity index (χ1) is 12.0. The van der Waals surface area contributed by atoms with Gasteiger partial charge < -0.3 is 16.4 Å². The van der Waals surface area contributed by atoms with Crippen molar-refractivity contribution < 1.29 is 13.2 Å². The smallest absolute Gasteiger partial charge is 0.280 e. The molecule has 0 aliphatic carbocycles. The van der Waals surface area contributed by atoms with E-state index in [-0.39, 0.29) is 10.5 Å². The van der Waals surface area contributed by atoms with Gasteiger partial charge in [0.15, 0.2) is 15.8 Å². The number of sulfone groups is 1. The van der Waals surface area contributed by atoms with Gasteiger partial charge in [0.1, 0.15) is 0 Å². The minimum absolute atomic E-state index is 0.0141. The van der Waals surface area contributed by atoms with Crippen LogP contribution in [0.5, 0.6) is 0 Å². The van der Waals surface area contributed by atoms with Crippen LogP contribution < -0.4 is 16.4 Å². The molecule has 2 aromatic carbocycles. The molecule has 1 amide bonds. The predicted octanol–water partition coefficient (Wildman–Crippen LogP) is 2.23. The van der Waals surface area contributed by atoms with E-state index in [1.807, 2.05) is 0 Å². The van der Waals surface area contributed by atoms with Crippen LogP contribution >= 0.6 is 11.6 Å². The van der Waals surface area contributed by atoms with Crippen molar-refractivity contribution in [2.45, 2.75) is 11.8 Å². The highest BCUT2D eigenvalue weighted by atomic mass is 35.5. The van der Waals surface area contributed by atoms with E-state index in [9.17, 15) is 13.2 Å². The molecule has 0 aromatic heterocycles. The van der Waals surface area contributed by atoms with Crippen LogP contribution in [0.15, 0.2) is 46.3 Å². The Hall–Kier alpha value is -2.58. The first-order valence-electron chi connectivity index (χ1n) is 7.48. The molecule has 0 spiro atoms. The van der Waals surface area contributed by atoms with Crippen molar-refractivity contribution in [3.63, 3.8) is 0 Å². The van der Waals surface area contributed by atoms with Gasteiger partial charge in [0.25, 0.3) is 5.91 Å². The Bertz CT molecular complexity index is 999. The standard InChI is InChI=1S/C17H19ClN4O3S/c1-10-7-14(22(2)12-6-4-5-11(18)8-12)15(26(3,24)25)9-13(10)16(23)21-17(19)20/h4-9H,1-3H3,(H4,19,20,21,23). The number of anilines is 2. The Balaban J connectivity index is 2.69. The molecule has 2 aromatic rings. The number of aliphatic imine (C=N–C) groups is 1. The molecule has 0 aliphatic rings. The number of carbonyl (C=O) groups excluding carboxylic acids is 1. The normalized spacial score (nSPS) is 11.1. The topological polar surface area (TPSA) is 119 Å². The summed E-state index contributed by atoms with van der Waals surface area (Å²) in [7, 11) is -1.92. The number of halogens is 1. The summed E-state index contributed by atoms with van der Waals surface area (Å²) >= 11 is 6.02. The van der Waals surface area contributed by atoms with Gasteiger partial charge in [0.2, 0.25) is 0 Å². The van der Waals surface area contributed by atoms with Crippen molar-refractivity contribution in [3.05, 3.63) is 52.5 Å². The monoisotopic (exact) mass is 394 g/mol. The zero-order chi connectivity index (χ0) is 19.6. The van der Waals surface area contributed by atoms with Crippen LogP contribution in [0.2, 0.25) is 5.02 Å². The Labute approximate surface area is 157 Å². The van der Waals surface area contributed by atoms with Crippen molar-refractivity contribution in [1.29, 1.82) is 0 Å². The second-order valence-corrected chi connectivity index (χ2v) is 8.21. The zero-order valence-corrected chi connectivity index (χ0v) is 16.1. The molecule has 0 fully saturated rings. The highest BCUT2D eigenvalue weighted by Crippen LogP contribution is 2.33. The number of rotatable bonds is 4. The molecule has 0 bridgehead atoms. The number of carbonyl (C=O) groups is 1. The van der Waals surface area contributed by atoms with Crippen molar-refractivity contribution in [2.75, 3.05) is 18.2 Å². The third-order valence-corrected chi connectivity index (χ3v) is 5.08. The van der Waals surface area contributed by atoms with Gasteiger partial charge in [-0.2, -0.15) is 4.99 Å². The molecule has 26 heavy (non-hydrogen) atoms. The van der Waals surface area contributed by atoms with E-state index < -0.39 is 21.7 Å². The van der Waals surface area contributed by atoms with E-state index in [1.165, 1.54) is 6.07 Å². The second kappa shape index (κ2) is 7.35. The fraction of sp³-hybridized carbons (Fsp3) is 0.176. The minimum atomic E-state index is -3.64. The quantitative estimate of drug-likeness (QED) is 0.606. The number of benzene rings is 2. The fourth-order valence-corrected chi connectivity index (χ4v) is 3.56. The summed E-state index contributed by atoms with van der Waals surface area (Å²) in [6.45, 7) is 1.68. The summed E-state index contributed by atoms with van der Waals surface area (Å²) in [4.78, 5) is 17.3. The number of hydrogen-bond acceptors (Lipinski definition) is 4. The number of aryl methyl sites for hydroxylation is 1. The van der Waals surface area contributed by atoms with E-state index in [2.05, 4.69) is 4.99 Å². The third kappa shape index (κ3) is 4.33. The van der Waals surface area contributed by atoms with Gasteiger partial charge in [0.05, 0.1) is 10.6 Å². The van der Waals surface area contributed by atoms with E-state index in [0.29, 0.717) is 22.0 Å². The first kappa shape index (κ1) is 19.7.